The number of rotatable bonds is 3. The highest BCUT2D eigenvalue weighted by atomic mass is 16.5. The topological polar surface area (TPSA) is 103 Å². The second-order valence-corrected chi connectivity index (χ2v) is 4.86. The normalized spacial score (nSPS) is 25.6. The fraction of sp³-hybridized carbons (Fsp3) is 0.818. The van der Waals surface area contributed by atoms with Gasteiger partial charge in [-0.1, -0.05) is 5.16 Å². The first kappa shape index (κ1) is 13.9. The van der Waals surface area contributed by atoms with Crippen LogP contribution in [0.3, 0.4) is 0 Å². The van der Waals surface area contributed by atoms with Crippen molar-refractivity contribution >= 4 is 11.9 Å². The summed E-state index contributed by atoms with van der Waals surface area (Å²) in [5, 5.41) is 14.4. The van der Waals surface area contributed by atoms with Gasteiger partial charge in [0, 0.05) is 32.8 Å². The van der Waals surface area contributed by atoms with E-state index in [1.54, 1.807) is 4.90 Å². The van der Waals surface area contributed by atoms with Crippen LogP contribution < -0.4 is 11.1 Å². The van der Waals surface area contributed by atoms with Gasteiger partial charge in [-0.05, 0) is 6.42 Å². The molecule has 0 bridgehead atoms. The molecule has 0 aromatic rings. The molecule has 0 spiro atoms. The number of oxime groups is 1. The van der Waals surface area contributed by atoms with Crippen LogP contribution in [0.2, 0.25) is 0 Å². The molecule has 1 atom stereocenters. The predicted molar refractivity (Wildman–Crippen MR) is 69.2 cm³/mol. The Morgan fingerprint density at radius 3 is 2.74 bits per heavy atom. The molecule has 0 radical (unpaired) electrons. The highest BCUT2D eigenvalue weighted by Gasteiger charge is 2.24. The first-order chi connectivity index (χ1) is 9.19. The second-order valence-electron chi connectivity index (χ2n) is 4.86. The van der Waals surface area contributed by atoms with Crippen LogP contribution in [0.4, 0.5) is 4.79 Å². The first-order valence-electron chi connectivity index (χ1n) is 6.51. The molecule has 2 heterocycles. The van der Waals surface area contributed by atoms with Crippen molar-refractivity contribution in [1.29, 1.82) is 0 Å². The Bertz CT molecular complexity index is 335. The molecule has 0 aromatic carbocycles. The van der Waals surface area contributed by atoms with Gasteiger partial charge in [0.15, 0.2) is 5.84 Å². The lowest BCUT2D eigenvalue weighted by molar-refractivity contribution is 0.143. The number of carbonyl (C=O) groups is 1. The Morgan fingerprint density at radius 2 is 2.16 bits per heavy atom. The van der Waals surface area contributed by atoms with Gasteiger partial charge in [0.1, 0.15) is 0 Å². The van der Waals surface area contributed by atoms with Crippen LogP contribution in [-0.2, 0) is 4.74 Å². The minimum atomic E-state index is -0.0288. The molecule has 19 heavy (non-hydrogen) atoms. The van der Waals surface area contributed by atoms with Crippen molar-refractivity contribution in [2.75, 3.05) is 45.9 Å². The average Bonchev–Trinajstić information content (AvgIpc) is 2.92. The van der Waals surface area contributed by atoms with Gasteiger partial charge in [0.2, 0.25) is 0 Å². The van der Waals surface area contributed by atoms with E-state index in [-0.39, 0.29) is 17.9 Å². The van der Waals surface area contributed by atoms with E-state index in [9.17, 15) is 4.79 Å². The molecule has 8 heteroatoms. The molecule has 0 saturated carbocycles. The van der Waals surface area contributed by atoms with Gasteiger partial charge in [-0.3, -0.25) is 4.90 Å². The summed E-state index contributed by atoms with van der Waals surface area (Å²) in [6.45, 7) is 4.52. The molecular weight excluding hydrogens is 250 g/mol. The molecule has 4 N–H and O–H groups in total. The van der Waals surface area contributed by atoms with Crippen LogP contribution in [0.5, 0.6) is 0 Å². The molecule has 2 saturated heterocycles. The van der Waals surface area contributed by atoms with Crippen LogP contribution in [-0.4, -0.2) is 78.9 Å². The van der Waals surface area contributed by atoms with Gasteiger partial charge in [-0.25, -0.2) is 4.79 Å². The average molecular weight is 271 g/mol. The molecule has 2 aliphatic heterocycles. The number of ether oxygens (including phenoxy) is 1. The van der Waals surface area contributed by atoms with Crippen molar-refractivity contribution in [3.63, 3.8) is 0 Å². The standard InChI is InChI=1S/C11H21N5O3/c12-10(14-18)7-15-2-4-16(5-3-15)11(17)13-9-1-6-19-8-9/h9,18H,1-8H2,(H2,12,14)(H,13,17). The molecule has 2 fully saturated rings. The van der Waals surface area contributed by atoms with Gasteiger partial charge in [0.05, 0.1) is 19.2 Å². The number of piperazine rings is 1. The SMILES string of the molecule is NC(CN1CCN(C(=O)NC2CCOC2)CC1)=NO. The maximum Gasteiger partial charge on any atom is 0.317 e. The lowest BCUT2D eigenvalue weighted by Crippen LogP contribution is -2.54. The third-order valence-corrected chi connectivity index (χ3v) is 3.43. The van der Waals surface area contributed by atoms with Crippen molar-refractivity contribution in [3.8, 4) is 0 Å². The van der Waals surface area contributed by atoms with Crippen molar-refractivity contribution in [2.24, 2.45) is 10.9 Å². The highest BCUT2D eigenvalue weighted by Crippen LogP contribution is 2.06. The van der Waals surface area contributed by atoms with Crippen LogP contribution >= 0.6 is 0 Å². The fourth-order valence-corrected chi connectivity index (χ4v) is 2.28. The number of hydrogen-bond acceptors (Lipinski definition) is 5. The molecule has 0 aliphatic carbocycles. The molecule has 1 unspecified atom stereocenters. The maximum atomic E-state index is 12.0. The van der Waals surface area contributed by atoms with E-state index in [2.05, 4.69) is 15.4 Å². The maximum absolute atomic E-state index is 12.0. The molecule has 8 nitrogen and oxygen atoms in total. The van der Waals surface area contributed by atoms with Gasteiger partial charge in [-0.2, -0.15) is 0 Å². The van der Waals surface area contributed by atoms with Crippen molar-refractivity contribution in [3.05, 3.63) is 0 Å². The third kappa shape index (κ3) is 3.97. The summed E-state index contributed by atoms with van der Waals surface area (Å²) >= 11 is 0. The number of nitrogens with two attached hydrogens (primary N) is 1. The van der Waals surface area contributed by atoms with Crippen LogP contribution in [0.25, 0.3) is 0 Å². The van der Waals surface area contributed by atoms with E-state index in [4.69, 9.17) is 15.7 Å². The number of urea groups is 1. The summed E-state index contributed by atoms with van der Waals surface area (Å²) in [5.74, 6) is 0.195. The molecule has 108 valence electrons. The Balaban J connectivity index is 1.71. The van der Waals surface area contributed by atoms with Gasteiger partial charge < -0.3 is 25.9 Å². The van der Waals surface area contributed by atoms with Gasteiger partial charge >= 0.3 is 6.03 Å². The van der Waals surface area contributed by atoms with Gasteiger partial charge in [-0.15, -0.1) is 0 Å². The van der Waals surface area contributed by atoms with E-state index in [1.165, 1.54) is 0 Å². The minimum Gasteiger partial charge on any atom is -0.409 e. The van der Waals surface area contributed by atoms with Gasteiger partial charge in [0.25, 0.3) is 0 Å². The largest absolute Gasteiger partial charge is 0.409 e. The Hall–Kier alpha value is -1.54. The van der Waals surface area contributed by atoms with Crippen molar-refractivity contribution in [2.45, 2.75) is 12.5 Å². The number of nitrogens with one attached hydrogen (secondary N) is 1. The number of nitrogens with zero attached hydrogens (tertiary/aromatic N) is 3. The molecule has 2 amide bonds. The molecule has 2 aliphatic rings. The highest BCUT2D eigenvalue weighted by molar-refractivity contribution is 5.81. The van der Waals surface area contributed by atoms with Crippen LogP contribution in [0.1, 0.15) is 6.42 Å². The lowest BCUT2D eigenvalue weighted by atomic mass is 10.2. The Morgan fingerprint density at radius 1 is 1.42 bits per heavy atom. The van der Waals surface area contributed by atoms with Crippen molar-refractivity contribution < 1.29 is 14.7 Å². The zero-order chi connectivity index (χ0) is 13.7. The summed E-state index contributed by atoms with van der Waals surface area (Å²) in [4.78, 5) is 15.8. The van der Waals surface area contributed by atoms with Crippen molar-refractivity contribution in [1.82, 2.24) is 15.1 Å². The molecular formula is C11H21N5O3. The fourth-order valence-electron chi connectivity index (χ4n) is 2.28. The number of carbonyl (C=O) groups excluding carboxylic acids is 1. The van der Waals surface area contributed by atoms with E-state index < -0.39 is 0 Å². The van der Waals surface area contributed by atoms with Crippen LogP contribution in [0, 0.1) is 0 Å². The number of amides is 2. The zero-order valence-electron chi connectivity index (χ0n) is 10.9. The number of hydrogen-bond donors (Lipinski definition) is 3. The predicted octanol–water partition coefficient (Wildman–Crippen LogP) is -1.15. The van der Waals surface area contributed by atoms with E-state index in [0.29, 0.717) is 26.2 Å². The van der Waals surface area contributed by atoms with E-state index in [1.807, 2.05) is 0 Å². The minimum absolute atomic E-state index is 0.0288. The number of amidine groups is 1. The van der Waals surface area contributed by atoms with E-state index >= 15 is 0 Å². The lowest BCUT2D eigenvalue weighted by Gasteiger charge is -2.34. The summed E-state index contributed by atoms with van der Waals surface area (Å²) in [6, 6.07) is 0.113. The second kappa shape index (κ2) is 6.58. The molecule has 0 aromatic heterocycles. The Labute approximate surface area is 112 Å². The third-order valence-electron chi connectivity index (χ3n) is 3.43. The Kier molecular flexibility index (Phi) is 4.80. The monoisotopic (exact) mass is 271 g/mol. The van der Waals surface area contributed by atoms with E-state index in [0.717, 1.165) is 26.1 Å². The summed E-state index contributed by atoms with van der Waals surface area (Å²) < 4.78 is 5.23. The smallest absolute Gasteiger partial charge is 0.317 e. The zero-order valence-corrected chi connectivity index (χ0v) is 10.9. The summed E-state index contributed by atoms with van der Waals surface area (Å²) in [5.41, 5.74) is 5.46. The summed E-state index contributed by atoms with van der Waals surface area (Å²) in [7, 11) is 0. The molecule has 2 rings (SSSR count). The summed E-state index contributed by atoms with van der Waals surface area (Å²) in [6.07, 6.45) is 0.884. The van der Waals surface area contributed by atoms with Crippen LogP contribution in [0.15, 0.2) is 5.16 Å². The quantitative estimate of drug-likeness (QED) is 0.260. The first-order valence-corrected chi connectivity index (χ1v) is 6.51.